The van der Waals surface area contributed by atoms with Crippen LogP contribution in [0.5, 0.6) is 0 Å². The molecule has 4 bridgehead atoms. The minimum absolute atomic E-state index is 0.0520. The van der Waals surface area contributed by atoms with E-state index in [9.17, 15) is 4.79 Å². The van der Waals surface area contributed by atoms with Crippen molar-refractivity contribution in [3.05, 3.63) is 24.2 Å². The van der Waals surface area contributed by atoms with E-state index in [0.29, 0.717) is 17.8 Å². The zero-order chi connectivity index (χ0) is 19.4. The molecule has 5 nitrogen and oxygen atoms in total. The molecular formula is C23H32N4O. The number of fused-ring (bicyclic) bond motifs is 1. The third-order valence-corrected chi connectivity index (χ3v) is 7.53. The summed E-state index contributed by atoms with van der Waals surface area (Å²) in [6.07, 6.45) is 9.22. The van der Waals surface area contributed by atoms with Gasteiger partial charge >= 0.3 is 0 Å². The second-order valence-corrected chi connectivity index (χ2v) is 10.0. The SMILES string of the molecule is CC(C)CC(NC(=O)C1C2CC3CC(C2)CC1C3)c1nc2cccnc2n1C. The van der Waals surface area contributed by atoms with Crippen LogP contribution in [-0.4, -0.2) is 20.4 Å². The summed E-state index contributed by atoms with van der Waals surface area (Å²) in [5.41, 5.74) is 1.78. The van der Waals surface area contributed by atoms with Crippen molar-refractivity contribution in [2.75, 3.05) is 0 Å². The Morgan fingerprint density at radius 3 is 2.46 bits per heavy atom. The maximum absolute atomic E-state index is 13.5. The minimum Gasteiger partial charge on any atom is -0.346 e. The highest BCUT2D eigenvalue weighted by molar-refractivity contribution is 5.80. The minimum atomic E-state index is -0.0520. The molecule has 2 heterocycles. The molecule has 1 atom stereocenters. The highest BCUT2D eigenvalue weighted by Crippen LogP contribution is 2.56. The van der Waals surface area contributed by atoms with Crippen molar-refractivity contribution in [3.63, 3.8) is 0 Å². The van der Waals surface area contributed by atoms with Gasteiger partial charge in [0.15, 0.2) is 5.65 Å². The molecule has 4 aliphatic rings. The number of rotatable bonds is 5. The summed E-state index contributed by atoms with van der Waals surface area (Å²) in [5, 5.41) is 3.44. The highest BCUT2D eigenvalue weighted by Gasteiger charge is 2.51. The predicted octanol–water partition coefficient (Wildman–Crippen LogP) is 4.24. The zero-order valence-corrected chi connectivity index (χ0v) is 17.3. The third kappa shape index (κ3) is 3.03. The molecule has 5 heteroatoms. The molecule has 0 radical (unpaired) electrons. The topological polar surface area (TPSA) is 59.8 Å². The van der Waals surface area contributed by atoms with E-state index in [-0.39, 0.29) is 17.9 Å². The molecule has 0 aliphatic heterocycles. The van der Waals surface area contributed by atoms with E-state index < -0.39 is 0 Å². The fraction of sp³-hybridized carbons (Fsp3) is 0.696. The molecule has 1 unspecified atom stereocenters. The van der Waals surface area contributed by atoms with Gasteiger partial charge in [-0.3, -0.25) is 4.79 Å². The number of pyridine rings is 1. The summed E-state index contributed by atoms with van der Waals surface area (Å²) >= 11 is 0. The van der Waals surface area contributed by atoms with E-state index in [0.717, 1.165) is 35.2 Å². The molecule has 2 aromatic rings. The van der Waals surface area contributed by atoms with Gasteiger partial charge in [-0.2, -0.15) is 0 Å². The molecule has 6 rings (SSSR count). The first-order chi connectivity index (χ1) is 13.5. The Balaban J connectivity index is 1.41. The monoisotopic (exact) mass is 380 g/mol. The van der Waals surface area contributed by atoms with Crippen LogP contribution in [-0.2, 0) is 11.8 Å². The van der Waals surface area contributed by atoms with Crippen LogP contribution in [0, 0.1) is 35.5 Å². The number of amides is 1. The summed E-state index contributed by atoms with van der Waals surface area (Å²) in [4.78, 5) is 22.8. The fourth-order valence-electron chi connectivity index (χ4n) is 6.67. The maximum atomic E-state index is 13.5. The van der Waals surface area contributed by atoms with E-state index in [1.165, 1.54) is 32.1 Å². The third-order valence-electron chi connectivity index (χ3n) is 7.53. The van der Waals surface area contributed by atoms with Crippen LogP contribution in [0.15, 0.2) is 18.3 Å². The molecule has 150 valence electrons. The first kappa shape index (κ1) is 18.1. The number of hydrogen-bond donors (Lipinski definition) is 1. The molecule has 2 aromatic heterocycles. The molecular weight excluding hydrogens is 348 g/mol. The van der Waals surface area contributed by atoms with Gasteiger partial charge in [-0.15, -0.1) is 0 Å². The fourth-order valence-corrected chi connectivity index (χ4v) is 6.67. The Morgan fingerprint density at radius 2 is 1.86 bits per heavy atom. The number of carbonyl (C=O) groups excluding carboxylic acids is 1. The number of imidazole rings is 1. The Hall–Kier alpha value is -1.91. The van der Waals surface area contributed by atoms with Gasteiger partial charge in [-0.05, 0) is 80.2 Å². The number of aromatic nitrogens is 3. The van der Waals surface area contributed by atoms with Gasteiger partial charge in [0.25, 0.3) is 0 Å². The lowest BCUT2D eigenvalue weighted by molar-refractivity contribution is -0.139. The Bertz CT molecular complexity index is 858. The summed E-state index contributed by atoms with van der Waals surface area (Å²) in [5.74, 6) is 4.91. The Morgan fingerprint density at radius 1 is 1.18 bits per heavy atom. The van der Waals surface area contributed by atoms with Gasteiger partial charge in [0.05, 0.1) is 6.04 Å². The Labute approximate surface area is 167 Å². The van der Waals surface area contributed by atoms with E-state index in [1.807, 2.05) is 19.2 Å². The van der Waals surface area contributed by atoms with Crippen molar-refractivity contribution in [1.29, 1.82) is 0 Å². The van der Waals surface area contributed by atoms with Crippen molar-refractivity contribution in [1.82, 2.24) is 19.9 Å². The average molecular weight is 381 g/mol. The van der Waals surface area contributed by atoms with E-state index in [4.69, 9.17) is 4.98 Å². The van der Waals surface area contributed by atoms with Gasteiger partial charge in [-0.25, -0.2) is 9.97 Å². The molecule has 4 aliphatic carbocycles. The van der Waals surface area contributed by atoms with Gasteiger partial charge < -0.3 is 9.88 Å². The van der Waals surface area contributed by atoms with E-state index >= 15 is 0 Å². The Kier molecular flexibility index (Phi) is 4.44. The lowest BCUT2D eigenvalue weighted by Gasteiger charge is -2.53. The van der Waals surface area contributed by atoms with Gasteiger partial charge in [0.2, 0.25) is 5.91 Å². The van der Waals surface area contributed by atoms with Crippen molar-refractivity contribution in [2.45, 2.75) is 58.4 Å². The lowest BCUT2D eigenvalue weighted by atomic mass is 9.51. The van der Waals surface area contributed by atoms with Crippen molar-refractivity contribution < 1.29 is 4.79 Å². The van der Waals surface area contributed by atoms with E-state index in [2.05, 4.69) is 28.7 Å². The standard InChI is InChI=1S/C23H32N4O/c1-13(2)7-19(22-25-18-5-4-6-24-21(18)27(22)3)26-23(28)20-16-9-14-8-15(11-16)12-17(20)10-14/h4-6,13-17,19-20H,7-12H2,1-3H3,(H,26,28). The van der Waals surface area contributed by atoms with Gasteiger partial charge in [-0.1, -0.05) is 13.8 Å². The number of nitrogens with zero attached hydrogens (tertiary/aromatic N) is 3. The molecule has 4 fully saturated rings. The van der Waals surface area contributed by atoms with Crippen LogP contribution in [0.1, 0.15) is 64.2 Å². The predicted molar refractivity (Wildman–Crippen MR) is 109 cm³/mol. The van der Waals surface area contributed by atoms with Crippen LogP contribution >= 0.6 is 0 Å². The van der Waals surface area contributed by atoms with Crippen LogP contribution in [0.2, 0.25) is 0 Å². The van der Waals surface area contributed by atoms with Crippen LogP contribution in [0.25, 0.3) is 11.2 Å². The van der Waals surface area contributed by atoms with Crippen LogP contribution in [0.4, 0.5) is 0 Å². The van der Waals surface area contributed by atoms with Gasteiger partial charge in [0, 0.05) is 19.2 Å². The molecule has 0 aromatic carbocycles. The lowest BCUT2D eigenvalue weighted by Crippen LogP contribution is -2.51. The molecule has 1 amide bonds. The van der Waals surface area contributed by atoms with Crippen LogP contribution < -0.4 is 5.32 Å². The van der Waals surface area contributed by atoms with Crippen molar-refractivity contribution in [2.24, 2.45) is 42.6 Å². The first-order valence-corrected chi connectivity index (χ1v) is 11.1. The second-order valence-electron chi connectivity index (χ2n) is 10.0. The largest absolute Gasteiger partial charge is 0.346 e. The molecule has 28 heavy (non-hydrogen) atoms. The highest BCUT2D eigenvalue weighted by atomic mass is 16.2. The second kappa shape index (κ2) is 6.85. The number of hydrogen-bond acceptors (Lipinski definition) is 3. The van der Waals surface area contributed by atoms with Crippen LogP contribution in [0.3, 0.4) is 0 Å². The average Bonchev–Trinajstić information content (AvgIpc) is 2.97. The number of nitrogens with one attached hydrogen (secondary N) is 1. The normalized spacial score (nSPS) is 32.2. The summed E-state index contributed by atoms with van der Waals surface area (Å²) in [7, 11) is 2.01. The quantitative estimate of drug-likeness (QED) is 0.844. The maximum Gasteiger partial charge on any atom is 0.224 e. The smallest absolute Gasteiger partial charge is 0.224 e. The summed E-state index contributed by atoms with van der Waals surface area (Å²) < 4.78 is 2.06. The van der Waals surface area contributed by atoms with Crippen molar-refractivity contribution >= 4 is 17.1 Å². The first-order valence-electron chi connectivity index (χ1n) is 11.1. The molecule has 0 saturated heterocycles. The number of carbonyl (C=O) groups is 1. The zero-order valence-electron chi connectivity index (χ0n) is 17.3. The van der Waals surface area contributed by atoms with E-state index in [1.54, 1.807) is 6.20 Å². The summed E-state index contributed by atoms with van der Waals surface area (Å²) in [6.45, 7) is 4.42. The molecule has 0 spiro atoms. The van der Waals surface area contributed by atoms with Crippen molar-refractivity contribution in [3.8, 4) is 0 Å². The van der Waals surface area contributed by atoms with Gasteiger partial charge in [0.1, 0.15) is 11.3 Å². The number of aryl methyl sites for hydroxylation is 1. The summed E-state index contributed by atoms with van der Waals surface area (Å²) in [6, 6.07) is 3.87. The molecule has 4 saturated carbocycles. The molecule has 1 N–H and O–H groups in total.